The summed E-state index contributed by atoms with van der Waals surface area (Å²) < 4.78 is 11.3. The highest BCUT2D eigenvalue weighted by molar-refractivity contribution is 6.46. The van der Waals surface area contributed by atoms with E-state index in [0.717, 1.165) is 16.5 Å². The lowest BCUT2D eigenvalue weighted by Gasteiger charge is -2.24. The normalized spacial score (nSPS) is 17.6. The van der Waals surface area contributed by atoms with Gasteiger partial charge in [-0.1, -0.05) is 44.2 Å². The Morgan fingerprint density at radius 2 is 1.94 bits per heavy atom. The standard InChI is InChI=1S/C28H26N2O5/c1-17(2)16-35-19-8-5-7-18(13-19)26(31)24-25(22-14-29-23-11-4-3-10-21(22)23)30(28(33)27(24)32)15-20-9-6-12-34-20/h3-14,17,25,29,31H,15-16H2,1-2H3/b26-24+. The fourth-order valence-corrected chi connectivity index (χ4v) is 4.41. The fourth-order valence-electron chi connectivity index (χ4n) is 4.41. The number of benzene rings is 2. The van der Waals surface area contributed by atoms with E-state index < -0.39 is 17.7 Å². The number of ketones is 1. The van der Waals surface area contributed by atoms with Gasteiger partial charge in [0.05, 0.1) is 31.0 Å². The zero-order valence-corrected chi connectivity index (χ0v) is 19.5. The summed E-state index contributed by atoms with van der Waals surface area (Å²) in [4.78, 5) is 31.2. The Hall–Kier alpha value is -4.26. The predicted octanol–water partition coefficient (Wildman–Crippen LogP) is 5.42. The van der Waals surface area contributed by atoms with Crippen molar-refractivity contribution >= 4 is 28.4 Å². The van der Waals surface area contributed by atoms with Gasteiger partial charge in [0, 0.05) is 28.2 Å². The lowest BCUT2D eigenvalue weighted by Crippen LogP contribution is -2.29. The van der Waals surface area contributed by atoms with Crippen LogP contribution in [0, 0.1) is 5.92 Å². The molecule has 35 heavy (non-hydrogen) atoms. The first kappa shape index (κ1) is 22.5. The summed E-state index contributed by atoms with van der Waals surface area (Å²) in [6.45, 7) is 4.71. The molecule has 0 aliphatic carbocycles. The Morgan fingerprint density at radius 1 is 1.11 bits per heavy atom. The highest BCUT2D eigenvalue weighted by Crippen LogP contribution is 2.42. The topological polar surface area (TPSA) is 95.8 Å². The van der Waals surface area contributed by atoms with Crippen LogP contribution in [0.4, 0.5) is 0 Å². The molecule has 1 unspecified atom stereocenters. The van der Waals surface area contributed by atoms with Crippen molar-refractivity contribution in [2.45, 2.75) is 26.4 Å². The van der Waals surface area contributed by atoms with Gasteiger partial charge < -0.3 is 24.1 Å². The quantitative estimate of drug-likeness (QED) is 0.214. The second-order valence-corrected chi connectivity index (χ2v) is 9.03. The third kappa shape index (κ3) is 4.21. The van der Waals surface area contributed by atoms with Crippen molar-refractivity contribution in [2.75, 3.05) is 6.61 Å². The number of Topliss-reactive ketones (excluding diaryl/α,β-unsaturated/α-hetero) is 1. The van der Waals surface area contributed by atoms with Gasteiger partial charge in [-0.2, -0.15) is 0 Å². The van der Waals surface area contributed by atoms with Crippen LogP contribution in [0.25, 0.3) is 16.7 Å². The average molecular weight is 471 g/mol. The minimum Gasteiger partial charge on any atom is -0.507 e. The van der Waals surface area contributed by atoms with Crippen molar-refractivity contribution < 1.29 is 23.8 Å². The molecule has 2 aromatic carbocycles. The number of para-hydroxylation sites is 1. The van der Waals surface area contributed by atoms with Crippen LogP contribution >= 0.6 is 0 Å². The Morgan fingerprint density at radius 3 is 2.71 bits per heavy atom. The number of carbonyl (C=O) groups is 2. The van der Waals surface area contributed by atoms with Crippen molar-refractivity contribution in [3.63, 3.8) is 0 Å². The summed E-state index contributed by atoms with van der Waals surface area (Å²) in [6, 6.07) is 17.3. The Kier molecular flexibility index (Phi) is 5.91. The van der Waals surface area contributed by atoms with Crippen molar-refractivity contribution in [1.82, 2.24) is 9.88 Å². The number of ether oxygens (including phenoxy) is 1. The van der Waals surface area contributed by atoms with E-state index in [0.29, 0.717) is 29.6 Å². The Bertz CT molecular complexity index is 1410. The summed E-state index contributed by atoms with van der Waals surface area (Å²) in [5, 5.41) is 12.3. The number of hydrogen-bond donors (Lipinski definition) is 2. The molecule has 1 amide bonds. The number of likely N-dealkylation sites (tertiary alicyclic amines) is 1. The number of aliphatic hydroxyl groups excluding tert-OH is 1. The smallest absolute Gasteiger partial charge is 0.296 e. The number of furan rings is 1. The second-order valence-electron chi connectivity index (χ2n) is 9.03. The maximum atomic E-state index is 13.3. The molecule has 0 saturated carbocycles. The molecule has 0 radical (unpaired) electrons. The van der Waals surface area contributed by atoms with Gasteiger partial charge in [-0.15, -0.1) is 0 Å². The number of amides is 1. The molecule has 2 N–H and O–H groups in total. The van der Waals surface area contributed by atoms with Gasteiger partial charge in [0.15, 0.2) is 0 Å². The van der Waals surface area contributed by atoms with Crippen LogP contribution < -0.4 is 4.74 Å². The first-order valence-corrected chi connectivity index (χ1v) is 11.5. The SMILES string of the molecule is CC(C)COc1cccc(/C(O)=C2\C(=O)C(=O)N(Cc3ccco3)C2c2c[nH]c3ccccc23)c1. The number of nitrogens with zero attached hydrogens (tertiary/aromatic N) is 1. The van der Waals surface area contributed by atoms with Crippen LogP contribution in [0.15, 0.2) is 83.1 Å². The van der Waals surface area contributed by atoms with Crippen LogP contribution in [0.3, 0.4) is 0 Å². The number of fused-ring (bicyclic) bond motifs is 1. The van der Waals surface area contributed by atoms with Crippen LogP contribution in [0.1, 0.15) is 36.8 Å². The van der Waals surface area contributed by atoms with E-state index in [4.69, 9.17) is 9.15 Å². The van der Waals surface area contributed by atoms with E-state index in [1.54, 1.807) is 42.6 Å². The van der Waals surface area contributed by atoms with E-state index >= 15 is 0 Å². The van der Waals surface area contributed by atoms with Crippen LogP contribution in [0.2, 0.25) is 0 Å². The van der Waals surface area contributed by atoms with Gasteiger partial charge >= 0.3 is 0 Å². The molecule has 178 valence electrons. The van der Waals surface area contributed by atoms with E-state index in [1.165, 1.54) is 11.2 Å². The van der Waals surface area contributed by atoms with E-state index in [2.05, 4.69) is 4.98 Å². The van der Waals surface area contributed by atoms with Gasteiger partial charge in [-0.05, 0) is 36.2 Å². The molecule has 1 aliphatic rings. The van der Waals surface area contributed by atoms with E-state index in [9.17, 15) is 14.7 Å². The molecule has 7 heteroatoms. The third-order valence-corrected chi connectivity index (χ3v) is 6.05. The van der Waals surface area contributed by atoms with Crippen LogP contribution in [0.5, 0.6) is 5.75 Å². The molecule has 1 saturated heterocycles. The number of aliphatic hydroxyl groups is 1. The number of aromatic amines is 1. The first-order valence-electron chi connectivity index (χ1n) is 11.5. The minimum atomic E-state index is -0.795. The molecule has 7 nitrogen and oxygen atoms in total. The first-order chi connectivity index (χ1) is 16.9. The van der Waals surface area contributed by atoms with Crippen molar-refractivity contribution in [3.05, 3.63) is 95.6 Å². The molecule has 1 aliphatic heterocycles. The number of hydrogen-bond acceptors (Lipinski definition) is 5. The third-order valence-electron chi connectivity index (χ3n) is 6.05. The molecular weight excluding hydrogens is 444 g/mol. The predicted molar refractivity (Wildman–Crippen MR) is 132 cm³/mol. The average Bonchev–Trinajstić information content (AvgIpc) is 3.58. The molecule has 4 aromatic rings. The number of rotatable bonds is 7. The molecular formula is C28H26N2O5. The van der Waals surface area contributed by atoms with Crippen LogP contribution in [-0.2, 0) is 16.1 Å². The monoisotopic (exact) mass is 470 g/mol. The zero-order chi connectivity index (χ0) is 24.5. The molecule has 5 rings (SSSR count). The number of aromatic nitrogens is 1. The lowest BCUT2D eigenvalue weighted by molar-refractivity contribution is -0.140. The fraction of sp³-hybridized carbons (Fsp3) is 0.214. The maximum absolute atomic E-state index is 13.3. The van der Waals surface area contributed by atoms with E-state index in [1.807, 2.05) is 38.1 Å². The highest BCUT2D eigenvalue weighted by Gasteiger charge is 2.47. The van der Waals surface area contributed by atoms with Crippen LogP contribution in [-0.4, -0.2) is 33.3 Å². The van der Waals surface area contributed by atoms with Gasteiger partial charge in [0.2, 0.25) is 0 Å². The number of carbonyl (C=O) groups excluding carboxylic acids is 2. The van der Waals surface area contributed by atoms with E-state index in [-0.39, 0.29) is 17.9 Å². The minimum absolute atomic E-state index is 0.0346. The van der Waals surface area contributed by atoms with Gasteiger partial charge in [0.1, 0.15) is 17.3 Å². The van der Waals surface area contributed by atoms with Gasteiger partial charge in [-0.25, -0.2) is 0 Å². The van der Waals surface area contributed by atoms with Crippen molar-refractivity contribution in [2.24, 2.45) is 5.92 Å². The maximum Gasteiger partial charge on any atom is 0.296 e. The largest absolute Gasteiger partial charge is 0.507 e. The second kappa shape index (κ2) is 9.18. The summed E-state index contributed by atoms with van der Waals surface area (Å²) in [5.41, 5.74) is 2.04. The molecule has 0 spiro atoms. The molecule has 3 heterocycles. The van der Waals surface area contributed by atoms with Crippen molar-refractivity contribution in [1.29, 1.82) is 0 Å². The van der Waals surface area contributed by atoms with Crippen molar-refractivity contribution in [3.8, 4) is 5.75 Å². The lowest BCUT2D eigenvalue weighted by atomic mass is 9.95. The Labute approximate surface area is 202 Å². The summed E-state index contributed by atoms with van der Waals surface area (Å²) in [6.07, 6.45) is 3.31. The summed E-state index contributed by atoms with van der Waals surface area (Å²) >= 11 is 0. The highest BCUT2D eigenvalue weighted by atomic mass is 16.5. The summed E-state index contributed by atoms with van der Waals surface area (Å²) in [5.74, 6) is -0.211. The van der Waals surface area contributed by atoms with Gasteiger partial charge in [-0.3, -0.25) is 9.59 Å². The number of H-pyrrole nitrogens is 1. The van der Waals surface area contributed by atoms with Gasteiger partial charge in [0.25, 0.3) is 11.7 Å². The summed E-state index contributed by atoms with van der Waals surface area (Å²) in [7, 11) is 0. The molecule has 2 aromatic heterocycles. The zero-order valence-electron chi connectivity index (χ0n) is 19.5. The molecule has 1 atom stereocenters. The Balaban J connectivity index is 1.64. The molecule has 1 fully saturated rings. The number of nitrogens with one attached hydrogen (secondary N) is 1. The molecule has 0 bridgehead atoms.